The molecule has 10 nitrogen and oxygen atoms in total. The van der Waals surface area contributed by atoms with Crippen LogP contribution in [0.25, 0.3) is 0 Å². The number of hydrogen-bond acceptors (Lipinski definition) is 9. The van der Waals surface area contributed by atoms with E-state index in [4.69, 9.17) is 9.47 Å². The van der Waals surface area contributed by atoms with Crippen molar-refractivity contribution >= 4 is 11.7 Å². The molecular weight excluding hydrogens is 561 g/mol. The normalized spacial score (nSPS) is 17.9. The van der Waals surface area contributed by atoms with Crippen molar-refractivity contribution in [1.82, 2.24) is 29.9 Å². The van der Waals surface area contributed by atoms with E-state index in [0.29, 0.717) is 30.4 Å². The summed E-state index contributed by atoms with van der Waals surface area (Å²) in [5, 5.41) is 8.23. The predicted octanol–water partition coefficient (Wildman–Crippen LogP) is 4.96. The quantitative estimate of drug-likeness (QED) is 0.277. The Morgan fingerprint density at radius 2 is 1.89 bits per heavy atom. The second-order valence-electron chi connectivity index (χ2n) is 13.3. The largest absolute Gasteiger partial charge is 0.434 e. The van der Waals surface area contributed by atoms with Crippen LogP contribution < -0.4 is 9.64 Å². The van der Waals surface area contributed by atoms with Gasteiger partial charge in [0.1, 0.15) is 17.9 Å². The number of benzene rings is 1. The fourth-order valence-electron chi connectivity index (χ4n) is 6.75. The topological polar surface area (TPSA) is 87.2 Å². The third-order valence-electron chi connectivity index (χ3n) is 9.51. The molecular formula is C33H52FN7O3. The number of carbonyl (C=O) groups is 1. The number of rotatable bonds is 15. The smallest absolute Gasteiger partial charge is 0.282 e. The van der Waals surface area contributed by atoms with Crippen LogP contribution >= 0.6 is 0 Å². The molecule has 2 unspecified atom stereocenters. The summed E-state index contributed by atoms with van der Waals surface area (Å²) in [7, 11) is 3.94. The zero-order valence-corrected chi connectivity index (χ0v) is 27.9. The maximum atomic E-state index is 14.3. The summed E-state index contributed by atoms with van der Waals surface area (Å²) in [4.78, 5) is 26.8. The fourth-order valence-corrected chi connectivity index (χ4v) is 6.75. The van der Waals surface area contributed by atoms with Crippen molar-refractivity contribution in [2.24, 2.45) is 11.3 Å². The van der Waals surface area contributed by atoms with Crippen molar-refractivity contribution in [3.8, 4) is 11.6 Å². The molecule has 0 bridgehead atoms. The number of carbonyl (C=O) groups excluding carboxylic acids is 1. The van der Waals surface area contributed by atoms with Crippen LogP contribution in [-0.4, -0.2) is 114 Å². The first-order chi connectivity index (χ1) is 21.0. The Hall–Kier alpha value is -2.89. The Morgan fingerprint density at radius 1 is 1.14 bits per heavy atom. The van der Waals surface area contributed by atoms with Crippen LogP contribution in [0.3, 0.4) is 0 Å². The zero-order chi connectivity index (χ0) is 32.0. The molecule has 0 aliphatic carbocycles. The SMILES string of the molecule is CCN(C(=O)c1cc(F)ccc1Oc1nncnc1N1CCC2(C1)CN(C(CCC(C)N(C)CCOC)C(C)C)C2)C(C)C. The lowest BCUT2D eigenvalue weighted by atomic mass is 9.76. The molecule has 0 radical (unpaired) electrons. The van der Waals surface area contributed by atoms with Crippen LogP contribution in [0.2, 0.25) is 0 Å². The van der Waals surface area contributed by atoms with E-state index in [0.717, 1.165) is 52.2 Å². The van der Waals surface area contributed by atoms with E-state index in [1.54, 1.807) is 12.0 Å². The number of aromatic nitrogens is 3. The van der Waals surface area contributed by atoms with E-state index >= 15 is 0 Å². The fraction of sp³-hybridized carbons (Fsp3) is 0.697. The molecule has 1 aromatic carbocycles. The maximum Gasteiger partial charge on any atom is 0.282 e. The van der Waals surface area contributed by atoms with Gasteiger partial charge in [0.2, 0.25) is 0 Å². The maximum absolute atomic E-state index is 14.3. The molecule has 44 heavy (non-hydrogen) atoms. The van der Waals surface area contributed by atoms with Gasteiger partial charge in [-0.05, 0) is 78.1 Å². The molecule has 2 atom stereocenters. The van der Waals surface area contributed by atoms with E-state index in [1.165, 1.54) is 30.9 Å². The molecule has 2 aromatic rings. The number of methoxy groups -OCH3 is 1. The Kier molecular flexibility index (Phi) is 11.5. The van der Waals surface area contributed by atoms with Crippen molar-refractivity contribution in [1.29, 1.82) is 0 Å². The molecule has 0 saturated carbocycles. The van der Waals surface area contributed by atoms with Crippen molar-refractivity contribution in [2.45, 2.75) is 78.9 Å². The van der Waals surface area contributed by atoms with Crippen molar-refractivity contribution in [2.75, 3.05) is 64.9 Å². The summed E-state index contributed by atoms with van der Waals surface area (Å²) in [5.74, 6) is 0.856. The molecule has 1 spiro atoms. The first kappa shape index (κ1) is 34.0. The van der Waals surface area contributed by atoms with Crippen LogP contribution in [-0.2, 0) is 4.74 Å². The standard InChI is InChI=1S/C33H52FN7O3/c1-9-41(24(4)5)32(42)27-18-26(34)11-13-29(27)44-31-30(35-22-36-37-31)39-15-14-33(19-39)20-40(21-33)28(23(2)3)12-10-25(6)38(7)16-17-43-8/h11,13,18,22-25,28H,9-10,12,14-17,19-21H2,1-8H3. The van der Waals surface area contributed by atoms with Gasteiger partial charge >= 0.3 is 0 Å². The van der Waals surface area contributed by atoms with E-state index < -0.39 is 5.82 Å². The Balaban J connectivity index is 1.42. The minimum absolute atomic E-state index is 0.0406. The van der Waals surface area contributed by atoms with Crippen LogP contribution in [0, 0.1) is 17.2 Å². The van der Waals surface area contributed by atoms with Crippen LogP contribution in [0.15, 0.2) is 24.5 Å². The third kappa shape index (κ3) is 7.84. The van der Waals surface area contributed by atoms with E-state index in [9.17, 15) is 9.18 Å². The van der Waals surface area contributed by atoms with Gasteiger partial charge in [0.05, 0.1) is 12.2 Å². The van der Waals surface area contributed by atoms with Gasteiger partial charge in [-0.15, -0.1) is 10.2 Å². The van der Waals surface area contributed by atoms with Gasteiger partial charge in [0.25, 0.3) is 11.8 Å². The van der Waals surface area contributed by atoms with E-state index in [-0.39, 0.29) is 34.6 Å². The average molecular weight is 614 g/mol. The summed E-state index contributed by atoms with van der Waals surface area (Å²) in [6, 6.07) is 5.02. The Labute approximate surface area is 262 Å². The molecule has 4 rings (SSSR count). The lowest BCUT2D eigenvalue weighted by molar-refractivity contribution is -0.0356. The average Bonchev–Trinajstić information content (AvgIpc) is 3.42. The highest BCUT2D eigenvalue weighted by Gasteiger charge is 2.50. The van der Waals surface area contributed by atoms with E-state index in [1.807, 2.05) is 20.8 Å². The number of anilines is 1. The van der Waals surface area contributed by atoms with Gasteiger partial charge in [0.15, 0.2) is 5.82 Å². The van der Waals surface area contributed by atoms with Crippen LogP contribution in [0.1, 0.15) is 71.2 Å². The number of halogens is 1. The number of likely N-dealkylation sites (tertiary alicyclic amines) is 1. The van der Waals surface area contributed by atoms with Crippen molar-refractivity contribution in [3.63, 3.8) is 0 Å². The second kappa shape index (κ2) is 14.9. The van der Waals surface area contributed by atoms with Gasteiger partial charge in [0, 0.05) is 69.9 Å². The van der Waals surface area contributed by atoms with Gasteiger partial charge in [-0.3, -0.25) is 9.69 Å². The summed E-state index contributed by atoms with van der Waals surface area (Å²) in [6.07, 6.45) is 4.82. The van der Waals surface area contributed by atoms with Crippen molar-refractivity contribution in [3.05, 3.63) is 35.9 Å². The molecule has 2 saturated heterocycles. The van der Waals surface area contributed by atoms with Crippen LogP contribution in [0.5, 0.6) is 11.6 Å². The van der Waals surface area contributed by atoms with Gasteiger partial charge in [-0.25, -0.2) is 9.37 Å². The monoisotopic (exact) mass is 613 g/mol. The zero-order valence-electron chi connectivity index (χ0n) is 27.9. The molecule has 3 heterocycles. The highest BCUT2D eigenvalue weighted by Crippen LogP contribution is 2.44. The molecule has 2 fully saturated rings. The molecule has 0 N–H and O–H groups in total. The first-order valence-corrected chi connectivity index (χ1v) is 16.1. The Bertz CT molecular complexity index is 1240. The lowest BCUT2D eigenvalue weighted by Crippen LogP contribution is -2.62. The van der Waals surface area contributed by atoms with Gasteiger partial charge < -0.3 is 24.2 Å². The molecule has 2 aliphatic rings. The van der Waals surface area contributed by atoms with Crippen LogP contribution in [0.4, 0.5) is 10.2 Å². The number of hydrogen-bond donors (Lipinski definition) is 0. The molecule has 1 amide bonds. The molecule has 244 valence electrons. The van der Waals surface area contributed by atoms with Crippen molar-refractivity contribution < 1.29 is 18.7 Å². The predicted molar refractivity (Wildman–Crippen MR) is 171 cm³/mol. The molecule has 2 aliphatic heterocycles. The minimum atomic E-state index is -0.499. The lowest BCUT2D eigenvalue weighted by Gasteiger charge is -2.53. The molecule has 1 aromatic heterocycles. The van der Waals surface area contributed by atoms with Gasteiger partial charge in [-0.1, -0.05) is 13.8 Å². The van der Waals surface area contributed by atoms with Gasteiger partial charge in [-0.2, -0.15) is 0 Å². The third-order valence-corrected chi connectivity index (χ3v) is 9.51. The summed E-state index contributed by atoms with van der Waals surface area (Å²) in [6.45, 7) is 18.8. The highest BCUT2D eigenvalue weighted by molar-refractivity contribution is 5.97. The first-order valence-electron chi connectivity index (χ1n) is 16.1. The molecule has 11 heteroatoms. The number of amides is 1. The summed E-state index contributed by atoms with van der Waals surface area (Å²) < 4.78 is 25.7. The Morgan fingerprint density at radius 3 is 2.55 bits per heavy atom. The summed E-state index contributed by atoms with van der Waals surface area (Å²) in [5.41, 5.74) is 0.357. The minimum Gasteiger partial charge on any atom is -0.434 e. The number of likely N-dealkylation sites (N-methyl/N-ethyl adjacent to an activating group) is 1. The second-order valence-corrected chi connectivity index (χ2v) is 13.3. The highest BCUT2D eigenvalue weighted by atomic mass is 19.1. The summed E-state index contributed by atoms with van der Waals surface area (Å²) >= 11 is 0. The number of nitrogens with zero attached hydrogens (tertiary/aromatic N) is 7. The van der Waals surface area contributed by atoms with E-state index in [2.05, 4.69) is 57.7 Å². The number of ether oxygens (including phenoxy) is 2.